The highest BCUT2D eigenvalue weighted by Gasteiger charge is 2.58. The number of benzene rings is 1. The molecule has 1 aromatic carbocycles. The molecule has 2 N–H and O–H groups in total. The number of rotatable bonds is 3. The zero-order valence-electron chi connectivity index (χ0n) is 14.2. The molecule has 2 aromatic rings. The molecule has 0 spiro atoms. The van der Waals surface area contributed by atoms with Crippen molar-refractivity contribution in [2.45, 2.75) is 38.8 Å². The van der Waals surface area contributed by atoms with Gasteiger partial charge in [-0.15, -0.1) is 0 Å². The van der Waals surface area contributed by atoms with Gasteiger partial charge in [0.2, 0.25) is 5.56 Å². The van der Waals surface area contributed by atoms with Gasteiger partial charge >= 0.3 is 0 Å². The van der Waals surface area contributed by atoms with E-state index >= 15 is 0 Å². The molecule has 0 unspecified atom stereocenters. The second-order valence-electron chi connectivity index (χ2n) is 7.12. The smallest absolute Gasteiger partial charge is 0.252 e. The molecule has 24 heavy (non-hydrogen) atoms. The van der Waals surface area contributed by atoms with Gasteiger partial charge in [0.1, 0.15) is 5.82 Å². The number of hydrogen-bond donors (Lipinski definition) is 2. The number of H-pyrrole nitrogens is 1. The predicted molar refractivity (Wildman–Crippen MR) is 89.6 cm³/mol. The van der Waals surface area contributed by atoms with Crippen LogP contribution in [0.1, 0.15) is 37.6 Å². The third-order valence-electron chi connectivity index (χ3n) is 5.63. The fraction of sp³-hybridized carbons (Fsp3) is 0.444. The number of carbonyl (C=O) groups excluding carboxylic acids is 1. The summed E-state index contributed by atoms with van der Waals surface area (Å²) < 4.78 is 18.9. The molecule has 6 heteroatoms. The van der Waals surface area contributed by atoms with Crippen LogP contribution in [0.5, 0.6) is 0 Å². The minimum absolute atomic E-state index is 0.0651. The van der Waals surface area contributed by atoms with E-state index in [9.17, 15) is 14.0 Å². The Labute approximate surface area is 139 Å². The molecule has 0 saturated heterocycles. The van der Waals surface area contributed by atoms with Crippen molar-refractivity contribution in [3.8, 4) is 0 Å². The maximum Gasteiger partial charge on any atom is 0.252 e. The largest absolute Gasteiger partial charge is 0.378 e. The van der Waals surface area contributed by atoms with Crippen LogP contribution in [0.2, 0.25) is 0 Å². The summed E-state index contributed by atoms with van der Waals surface area (Å²) in [6.07, 6.45) is 0.692. The van der Waals surface area contributed by atoms with E-state index in [1.165, 1.54) is 24.3 Å². The number of aromatic amines is 1. The first kappa shape index (κ1) is 16.6. The van der Waals surface area contributed by atoms with E-state index < -0.39 is 11.4 Å². The first-order valence-electron chi connectivity index (χ1n) is 7.86. The first-order valence-corrected chi connectivity index (χ1v) is 7.86. The summed E-state index contributed by atoms with van der Waals surface area (Å²) in [5.74, 6) is -0.805. The fourth-order valence-electron chi connectivity index (χ4n) is 3.38. The maximum absolute atomic E-state index is 13.4. The molecule has 1 aliphatic carbocycles. The normalized spacial score (nSPS) is 25.3. The number of halogens is 1. The van der Waals surface area contributed by atoms with E-state index in [0.29, 0.717) is 17.3 Å². The number of carbonyl (C=O) groups is 1. The summed E-state index contributed by atoms with van der Waals surface area (Å²) in [4.78, 5) is 27.0. The van der Waals surface area contributed by atoms with Crippen LogP contribution in [0.3, 0.4) is 0 Å². The van der Waals surface area contributed by atoms with Crippen LogP contribution in [0.15, 0.2) is 29.1 Å². The molecular weight excluding hydrogens is 311 g/mol. The van der Waals surface area contributed by atoms with Crippen LogP contribution in [0, 0.1) is 11.2 Å². The SMILES string of the molecule is CO[C@@]1(C)C[C@H](NC(=O)c2cc(=O)[nH]c3cc(F)ccc23)C1(C)C. The number of aromatic nitrogens is 1. The zero-order chi connectivity index (χ0) is 17.7. The number of ether oxygens (including phenoxy) is 1. The molecule has 0 aliphatic heterocycles. The molecule has 3 rings (SSSR count). The van der Waals surface area contributed by atoms with Crippen LogP contribution >= 0.6 is 0 Å². The van der Waals surface area contributed by atoms with E-state index in [0.717, 1.165) is 0 Å². The highest BCUT2D eigenvalue weighted by molar-refractivity contribution is 6.06. The van der Waals surface area contributed by atoms with Gasteiger partial charge in [0, 0.05) is 30.0 Å². The van der Waals surface area contributed by atoms with Gasteiger partial charge in [-0.2, -0.15) is 0 Å². The standard InChI is InChI=1S/C18H21FN2O3/c1-17(2)14(9-18(17,3)24-4)21-16(23)12-8-15(22)20-13-7-10(19)5-6-11(12)13/h5-8,14H,9H2,1-4H3,(H,20,22)(H,21,23)/t14-,18-/m0/s1. The Morgan fingerprint density at radius 1 is 1.33 bits per heavy atom. The Bertz CT molecular complexity index is 874. The van der Waals surface area contributed by atoms with Crippen LogP contribution in [-0.2, 0) is 4.74 Å². The van der Waals surface area contributed by atoms with Crippen LogP contribution in [0.4, 0.5) is 4.39 Å². The Balaban J connectivity index is 1.92. The molecule has 0 radical (unpaired) electrons. The van der Waals surface area contributed by atoms with Crippen molar-refractivity contribution in [2.75, 3.05) is 7.11 Å². The number of pyridine rings is 1. The number of amides is 1. The summed E-state index contributed by atoms with van der Waals surface area (Å²) in [6.45, 7) is 6.09. The van der Waals surface area contributed by atoms with Crippen molar-refractivity contribution in [3.05, 3.63) is 46.0 Å². The van der Waals surface area contributed by atoms with Crippen molar-refractivity contribution in [3.63, 3.8) is 0 Å². The molecule has 0 bridgehead atoms. The van der Waals surface area contributed by atoms with Crippen LogP contribution in [-0.4, -0.2) is 29.6 Å². The van der Waals surface area contributed by atoms with E-state index in [1.54, 1.807) is 7.11 Å². The molecule has 1 amide bonds. The quantitative estimate of drug-likeness (QED) is 0.907. The van der Waals surface area contributed by atoms with Gasteiger partial charge in [-0.05, 0) is 31.5 Å². The number of fused-ring (bicyclic) bond motifs is 1. The van der Waals surface area contributed by atoms with Crippen molar-refractivity contribution in [2.24, 2.45) is 5.41 Å². The summed E-state index contributed by atoms with van der Waals surface area (Å²) in [6, 6.07) is 5.16. The lowest BCUT2D eigenvalue weighted by Crippen LogP contribution is -2.68. The predicted octanol–water partition coefficient (Wildman–Crippen LogP) is 2.60. The van der Waals surface area contributed by atoms with Gasteiger partial charge < -0.3 is 15.0 Å². The fourth-order valence-corrected chi connectivity index (χ4v) is 3.38. The second-order valence-corrected chi connectivity index (χ2v) is 7.12. The Kier molecular flexibility index (Phi) is 3.75. The minimum atomic E-state index is -0.466. The zero-order valence-corrected chi connectivity index (χ0v) is 14.2. The lowest BCUT2D eigenvalue weighted by Gasteiger charge is -2.59. The highest BCUT2D eigenvalue weighted by Crippen LogP contribution is 2.51. The molecule has 128 valence electrons. The first-order chi connectivity index (χ1) is 11.2. The summed E-state index contributed by atoms with van der Waals surface area (Å²) in [5, 5.41) is 3.49. The molecule has 2 atom stereocenters. The van der Waals surface area contributed by atoms with E-state index in [2.05, 4.69) is 10.3 Å². The lowest BCUT2D eigenvalue weighted by atomic mass is 9.56. The Hall–Kier alpha value is -2.21. The summed E-state index contributed by atoms with van der Waals surface area (Å²) in [7, 11) is 1.67. The Morgan fingerprint density at radius 2 is 2.04 bits per heavy atom. The maximum atomic E-state index is 13.4. The average molecular weight is 332 g/mol. The van der Waals surface area contributed by atoms with E-state index in [4.69, 9.17) is 4.74 Å². The number of methoxy groups -OCH3 is 1. The van der Waals surface area contributed by atoms with Gasteiger partial charge in [-0.25, -0.2) is 4.39 Å². The van der Waals surface area contributed by atoms with Crippen molar-refractivity contribution >= 4 is 16.8 Å². The third kappa shape index (κ3) is 2.41. The highest BCUT2D eigenvalue weighted by atomic mass is 19.1. The van der Waals surface area contributed by atoms with Crippen molar-refractivity contribution in [1.82, 2.24) is 10.3 Å². The van der Waals surface area contributed by atoms with Crippen molar-refractivity contribution in [1.29, 1.82) is 0 Å². The second kappa shape index (κ2) is 5.41. The van der Waals surface area contributed by atoms with Crippen LogP contribution < -0.4 is 10.9 Å². The van der Waals surface area contributed by atoms with Gasteiger partial charge in [0.25, 0.3) is 5.91 Å². The molecule has 1 aromatic heterocycles. The van der Waals surface area contributed by atoms with Gasteiger partial charge in [-0.3, -0.25) is 9.59 Å². The molecule has 5 nitrogen and oxygen atoms in total. The van der Waals surface area contributed by atoms with Gasteiger partial charge in [0.05, 0.1) is 16.7 Å². The molecule has 1 heterocycles. The molecule has 1 saturated carbocycles. The lowest BCUT2D eigenvalue weighted by molar-refractivity contribution is -0.177. The monoisotopic (exact) mass is 332 g/mol. The van der Waals surface area contributed by atoms with Crippen molar-refractivity contribution < 1.29 is 13.9 Å². The molecular formula is C18H21FN2O3. The van der Waals surface area contributed by atoms with Gasteiger partial charge in [-0.1, -0.05) is 13.8 Å². The summed E-state index contributed by atoms with van der Waals surface area (Å²) >= 11 is 0. The number of nitrogens with one attached hydrogen (secondary N) is 2. The number of hydrogen-bond acceptors (Lipinski definition) is 3. The molecule has 1 aliphatic rings. The van der Waals surface area contributed by atoms with E-state index in [1.807, 2.05) is 20.8 Å². The van der Waals surface area contributed by atoms with Crippen LogP contribution in [0.25, 0.3) is 10.9 Å². The average Bonchev–Trinajstić information content (AvgIpc) is 2.52. The Morgan fingerprint density at radius 3 is 2.67 bits per heavy atom. The third-order valence-corrected chi connectivity index (χ3v) is 5.63. The van der Waals surface area contributed by atoms with Gasteiger partial charge in [0.15, 0.2) is 0 Å². The van der Waals surface area contributed by atoms with E-state index in [-0.39, 0.29) is 28.5 Å². The topological polar surface area (TPSA) is 71.2 Å². The minimum Gasteiger partial charge on any atom is -0.378 e. The molecule has 1 fully saturated rings. The summed E-state index contributed by atoms with van der Waals surface area (Å²) in [5.41, 5.74) is -0.421.